The minimum absolute atomic E-state index is 0.0617. The molecule has 3 rings (SSSR count). The van der Waals surface area contributed by atoms with Crippen molar-refractivity contribution >= 4 is 17.7 Å². The van der Waals surface area contributed by atoms with Crippen molar-refractivity contribution in [3.8, 4) is 11.1 Å². The molecular formula is C20H21F3N6O2. The second-order valence-electron chi connectivity index (χ2n) is 6.77. The van der Waals surface area contributed by atoms with Crippen LogP contribution in [0.1, 0.15) is 17.7 Å². The van der Waals surface area contributed by atoms with Crippen LogP contribution in [0.15, 0.2) is 42.9 Å². The lowest BCUT2D eigenvalue weighted by Crippen LogP contribution is -2.34. The topological polar surface area (TPSA) is 96.2 Å². The van der Waals surface area contributed by atoms with E-state index in [1.165, 1.54) is 6.20 Å². The van der Waals surface area contributed by atoms with E-state index in [0.29, 0.717) is 5.69 Å². The number of benzene rings is 1. The molecular weight excluding hydrogens is 413 g/mol. The smallest absolute Gasteiger partial charge is 0.407 e. The summed E-state index contributed by atoms with van der Waals surface area (Å²) < 4.78 is 39.8. The van der Waals surface area contributed by atoms with E-state index < -0.39 is 19.2 Å². The lowest BCUT2D eigenvalue weighted by molar-refractivity contribution is 0.139. The van der Waals surface area contributed by atoms with E-state index in [-0.39, 0.29) is 31.3 Å². The number of aryl methyl sites for hydroxylation is 1. The maximum Gasteiger partial charge on any atom is 0.407 e. The van der Waals surface area contributed by atoms with Crippen LogP contribution in [-0.4, -0.2) is 55.6 Å². The molecule has 0 radical (unpaired) electrons. The molecule has 0 aliphatic carbocycles. The number of carboxylic acid groups (broad SMARTS) is 1. The summed E-state index contributed by atoms with van der Waals surface area (Å²) in [5.41, 5.74) is 2.76. The molecule has 1 aromatic carbocycles. The van der Waals surface area contributed by atoms with Crippen molar-refractivity contribution in [1.82, 2.24) is 24.6 Å². The molecule has 31 heavy (non-hydrogen) atoms. The summed E-state index contributed by atoms with van der Waals surface area (Å²) in [6.45, 7) is 1.33. The summed E-state index contributed by atoms with van der Waals surface area (Å²) in [6, 6.07) is 6.72. The van der Waals surface area contributed by atoms with Crippen molar-refractivity contribution in [2.75, 3.05) is 25.1 Å². The molecule has 2 heterocycles. The first kappa shape index (κ1) is 22.1. The van der Waals surface area contributed by atoms with Gasteiger partial charge >= 0.3 is 6.09 Å². The Labute approximate surface area is 176 Å². The van der Waals surface area contributed by atoms with Crippen molar-refractivity contribution in [3.05, 3.63) is 54.1 Å². The van der Waals surface area contributed by atoms with Gasteiger partial charge < -0.3 is 15.3 Å². The summed E-state index contributed by atoms with van der Waals surface area (Å²) in [7, 11) is 0. The zero-order valence-electron chi connectivity index (χ0n) is 16.7. The van der Waals surface area contributed by atoms with Gasteiger partial charge in [0, 0.05) is 30.2 Å². The number of aromatic nitrogens is 4. The number of hydrogen-bond donors (Lipinski definition) is 2. The normalized spacial score (nSPS) is 11.0. The van der Waals surface area contributed by atoms with Crippen LogP contribution < -0.4 is 5.32 Å². The lowest BCUT2D eigenvalue weighted by atomic mass is 10.1. The summed E-state index contributed by atoms with van der Waals surface area (Å²) in [5.74, 6) is 0.0617. The largest absolute Gasteiger partial charge is 0.465 e. The van der Waals surface area contributed by atoms with E-state index in [1.807, 2.05) is 19.1 Å². The Morgan fingerprint density at radius 3 is 2.77 bits per heavy atom. The molecule has 8 nitrogen and oxygen atoms in total. The third-order valence-electron chi connectivity index (χ3n) is 4.42. The number of anilines is 2. The van der Waals surface area contributed by atoms with Gasteiger partial charge in [0.25, 0.3) is 6.43 Å². The summed E-state index contributed by atoms with van der Waals surface area (Å²) in [6.07, 6.45) is 0.775. The molecule has 11 heteroatoms. The third-order valence-corrected chi connectivity index (χ3v) is 4.42. The molecule has 0 spiro atoms. The van der Waals surface area contributed by atoms with Gasteiger partial charge in [-0.2, -0.15) is 5.10 Å². The Balaban J connectivity index is 1.75. The predicted octanol–water partition coefficient (Wildman–Crippen LogP) is 4.28. The van der Waals surface area contributed by atoms with E-state index in [0.717, 1.165) is 27.7 Å². The molecule has 0 aliphatic rings. The molecule has 2 N–H and O–H groups in total. The van der Waals surface area contributed by atoms with Crippen molar-refractivity contribution in [2.45, 2.75) is 19.9 Å². The van der Waals surface area contributed by atoms with Gasteiger partial charge in [-0.25, -0.2) is 27.9 Å². The van der Waals surface area contributed by atoms with Crippen LogP contribution in [0.25, 0.3) is 11.1 Å². The van der Waals surface area contributed by atoms with Crippen LogP contribution in [0.2, 0.25) is 0 Å². The van der Waals surface area contributed by atoms with Crippen LogP contribution in [0.3, 0.4) is 0 Å². The second-order valence-corrected chi connectivity index (χ2v) is 6.77. The first-order valence-electron chi connectivity index (χ1n) is 9.42. The van der Waals surface area contributed by atoms with E-state index in [2.05, 4.69) is 20.4 Å². The maximum absolute atomic E-state index is 12.9. The fraction of sp³-hybridized carbons (Fsp3) is 0.300. The van der Waals surface area contributed by atoms with Gasteiger partial charge in [0.15, 0.2) is 0 Å². The highest BCUT2D eigenvalue weighted by atomic mass is 19.3. The molecule has 0 aliphatic heterocycles. The fourth-order valence-corrected chi connectivity index (χ4v) is 2.97. The van der Waals surface area contributed by atoms with Crippen LogP contribution >= 0.6 is 0 Å². The number of nitrogens with one attached hydrogen (secondary N) is 1. The first-order valence-corrected chi connectivity index (χ1v) is 9.42. The van der Waals surface area contributed by atoms with Crippen molar-refractivity contribution < 1.29 is 23.1 Å². The summed E-state index contributed by atoms with van der Waals surface area (Å²) >= 11 is 0. The Hall–Kier alpha value is -3.63. The highest BCUT2D eigenvalue weighted by molar-refractivity contribution is 5.70. The van der Waals surface area contributed by atoms with Gasteiger partial charge in [-0.3, -0.25) is 4.68 Å². The number of carbonyl (C=O) groups is 1. The highest BCUT2D eigenvalue weighted by Gasteiger charge is 2.13. The number of halogens is 3. The van der Waals surface area contributed by atoms with Crippen molar-refractivity contribution in [2.24, 2.45) is 0 Å². The molecule has 0 saturated heterocycles. The quantitative estimate of drug-likeness (QED) is 0.522. The average molecular weight is 434 g/mol. The zero-order valence-corrected chi connectivity index (χ0v) is 16.7. The third kappa shape index (κ3) is 5.93. The van der Waals surface area contributed by atoms with E-state index in [1.54, 1.807) is 23.1 Å². The van der Waals surface area contributed by atoms with E-state index in [9.17, 15) is 18.0 Å². The molecule has 0 unspecified atom stereocenters. The van der Waals surface area contributed by atoms with E-state index >= 15 is 0 Å². The molecule has 0 saturated carbocycles. The molecule has 0 fully saturated rings. The summed E-state index contributed by atoms with van der Waals surface area (Å²) in [4.78, 5) is 19.9. The Kier molecular flexibility index (Phi) is 7.06. The van der Waals surface area contributed by atoms with Crippen LogP contribution in [0.5, 0.6) is 0 Å². The standard InChI is InChI=1S/C20H21F3N6O2/c1-13-8-14(10-16(9-13)26-19-24-4-2-17(27-19)18(22)23)15-11-25-29(12-15)7-6-28(5-3-21)20(30)31/h2,4,8-12,18H,3,5-7H2,1H3,(H,30,31)(H,24,26,27). The van der Waals surface area contributed by atoms with Crippen molar-refractivity contribution in [3.63, 3.8) is 0 Å². The first-order chi connectivity index (χ1) is 14.9. The Bertz CT molecular complexity index is 1040. The zero-order chi connectivity index (χ0) is 22.4. The number of alkyl halides is 3. The molecule has 0 bridgehead atoms. The number of rotatable bonds is 9. The molecule has 2 aromatic heterocycles. The fourth-order valence-electron chi connectivity index (χ4n) is 2.97. The van der Waals surface area contributed by atoms with Crippen molar-refractivity contribution in [1.29, 1.82) is 0 Å². The number of nitrogens with zero attached hydrogens (tertiary/aromatic N) is 5. The van der Waals surface area contributed by atoms with E-state index in [4.69, 9.17) is 5.11 Å². The van der Waals surface area contributed by atoms with Gasteiger partial charge in [-0.05, 0) is 36.2 Å². The predicted molar refractivity (Wildman–Crippen MR) is 108 cm³/mol. The highest BCUT2D eigenvalue weighted by Crippen LogP contribution is 2.26. The van der Waals surface area contributed by atoms with Gasteiger partial charge in [0.2, 0.25) is 5.95 Å². The number of hydrogen-bond acceptors (Lipinski definition) is 5. The maximum atomic E-state index is 12.9. The second kappa shape index (κ2) is 9.92. The SMILES string of the molecule is Cc1cc(Nc2nccc(C(F)F)n2)cc(-c2cnn(CCN(CCF)C(=O)O)c2)c1. The average Bonchev–Trinajstić information content (AvgIpc) is 3.20. The van der Waals surface area contributed by atoms with Crippen LogP contribution in [0, 0.1) is 6.92 Å². The van der Waals surface area contributed by atoms with Gasteiger partial charge in [-0.1, -0.05) is 6.07 Å². The van der Waals surface area contributed by atoms with Gasteiger partial charge in [0.05, 0.1) is 19.3 Å². The Morgan fingerprint density at radius 2 is 2.06 bits per heavy atom. The van der Waals surface area contributed by atoms with Gasteiger partial charge in [-0.15, -0.1) is 0 Å². The number of amides is 1. The molecule has 1 amide bonds. The minimum atomic E-state index is -2.69. The monoisotopic (exact) mass is 434 g/mol. The molecule has 3 aromatic rings. The molecule has 164 valence electrons. The van der Waals surface area contributed by atoms with Gasteiger partial charge in [0.1, 0.15) is 12.4 Å². The molecule has 0 atom stereocenters. The van der Waals surface area contributed by atoms with Crippen LogP contribution in [0.4, 0.5) is 29.6 Å². The summed E-state index contributed by atoms with van der Waals surface area (Å²) in [5, 5.41) is 16.2. The minimum Gasteiger partial charge on any atom is -0.465 e. The lowest BCUT2D eigenvalue weighted by Gasteiger charge is -2.17. The Morgan fingerprint density at radius 1 is 1.26 bits per heavy atom. The van der Waals surface area contributed by atoms with Crippen LogP contribution in [-0.2, 0) is 6.54 Å².